The van der Waals surface area contributed by atoms with Crippen LogP contribution in [-0.4, -0.2) is 17.0 Å². The lowest BCUT2D eigenvalue weighted by molar-refractivity contribution is -0.116. The number of rotatable bonds is 0. The maximum Gasteiger partial charge on any atom is 0.158 e. The summed E-state index contributed by atoms with van der Waals surface area (Å²) in [6.07, 6.45) is 6.33. The SMILES string of the molecule is CC1=C2CC[C@@]3(C)C(=CCC3O)C2(C)CCC1=O. The fourth-order valence-corrected chi connectivity index (χ4v) is 4.49. The number of carbonyl (C=O) groups is 1. The molecule has 0 aromatic carbocycles. The zero-order valence-corrected chi connectivity index (χ0v) is 11.5. The van der Waals surface area contributed by atoms with Crippen molar-refractivity contribution in [3.63, 3.8) is 0 Å². The molecule has 0 aromatic rings. The van der Waals surface area contributed by atoms with Gasteiger partial charge in [0, 0.05) is 17.3 Å². The molecule has 1 fully saturated rings. The van der Waals surface area contributed by atoms with Gasteiger partial charge in [0.25, 0.3) is 0 Å². The van der Waals surface area contributed by atoms with Crippen LogP contribution in [0.5, 0.6) is 0 Å². The van der Waals surface area contributed by atoms with Crippen LogP contribution < -0.4 is 0 Å². The van der Waals surface area contributed by atoms with Crippen LogP contribution in [0, 0.1) is 10.8 Å². The summed E-state index contributed by atoms with van der Waals surface area (Å²) in [5.74, 6) is 0.324. The fraction of sp³-hybridized carbons (Fsp3) is 0.688. The minimum absolute atomic E-state index is 0.0302. The van der Waals surface area contributed by atoms with Crippen LogP contribution in [0.1, 0.15) is 52.9 Å². The molecule has 0 amide bonds. The molecule has 1 saturated carbocycles. The van der Waals surface area contributed by atoms with Gasteiger partial charge >= 0.3 is 0 Å². The Balaban J connectivity index is 2.14. The quantitative estimate of drug-likeness (QED) is 0.667. The molecule has 3 aliphatic carbocycles. The van der Waals surface area contributed by atoms with E-state index in [0.717, 1.165) is 31.3 Å². The van der Waals surface area contributed by atoms with Gasteiger partial charge in [-0.25, -0.2) is 0 Å². The summed E-state index contributed by atoms with van der Waals surface area (Å²) >= 11 is 0. The van der Waals surface area contributed by atoms with E-state index in [0.29, 0.717) is 12.2 Å². The monoisotopic (exact) mass is 246 g/mol. The zero-order chi connectivity index (χ0) is 13.1. The topological polar surface area (TPSA) is 37.3 Å². The van der Waals surface area contributed by atoms with Crippen molar-refractivity contribution in [2.24, 2.45) is 10.8 Å². The first-order chi connectivity index (χ1) is 8.39. The smallest absolute Gasteiger partial charge is 0.158 e. The van der Waals surface area contributed by atoms with Gasteiger partial charge in [0.1, 0.15) is 0 Å². The van der Waals surface area contributed by atoms with Crippen LogP contribution in [0.4, 0.5) is 0 Å². The fourth-order valence-electron chi connectivity index (χ4n) is 4.49. The number of aliphatic hydroxyl groups is 1. The van der Waals surface area contributed by atoms with Crippen molar-refractivity contribution in [1.82, 2.24) is 0 Å². The third-order valence-corrected chi connectivity index (χ3v) is 5.77. The van der Waals surface area contributed by atoms with Crippen LogP contribution in [0.3, 0.4) is 0 Å². The molecule has 2 unspecified atom stereocenters. The summed E-state index contributed by atoms with van der Waals surface area (Å²) in [5, 5.41) is 10.3. The standard InChI is InChI=1S/C16H22O2/c1-10-11-6-8-16(3)13(4-5-14(16)18)15(11,2)9-7-12(10)17/h4,14,18H,5-9H2,1-3H3/t14?,15?,16-/m0/s1. The van der Waals surface area contributed by atoms with E-state index in [1.807, 2.05) is 6.92 Å². The molecule has 0 spiro atoms. The van der Waals surface area contributed by atoms with Gasteiger partial charge in [-0.2, -0.15) is 0 Å². The molecule has 98 valence electrons. The highest BCUT2D eigenvalue weighted by molar-refractivity contribution is 5.97. The highest BCUT2D eigenvalue weighted by atomic mass is 16.3. The maximum absolute atomic E-state index is 11.9. The van der Waals surface area contributed by atoms with Crippen molar-refractivity contribution in [2.45, 2.75) is 59.0 Å². The molecule has 3 atom stereocenters. The predicted molar refractivity (Wildman–Crippen MR) is 71.1 cm³/mol. The molecule has 0 bridgehead atoms. The van der Waals surface area contributed by atoms with E-state index in [4.69, 9.17) is 0 Å². The minimum Gasteiger partial charge on any atom is -0.392 e. The number of fused-ring (bicyclic) bond motifs is 3. The third-order valence-electron chi connectivity index (χ3n) is 5.77. The number of carbonyl (C=O) groups excluding carboxylic acids is 1. The number of Topliss-reactive ketones (excluding diaryl/α,β-unsaturated/α-hetero) is 1. The first kappa shape index (κ1) is 12.2. The number of hydrogen-bond donors (Lipinski definition) is 1. The number of hydrogen-bond acceptors (Lipinski definition) is 2. The lowest BCUT2D eigenvalue weighted by Gasteiger charge is -2.50. The van der Waals surface area contributed by atoms with Crippen molar-refractivity contribution in [2.75, 3.05) is 0 Å². The Morgan fingerprint density at radius 2 is 2.00 bits per heavy atom. The summed E-state index contributed by atoms with van der Waals surface area (Å²) in [6, 6.07) is 0. The van der Waals surface area contributed by atoms with Crippen molar-refractivity contribution in [1.29, 1.82) is 0 Å². The second kappa shape index (κ2) is 3.57. The highest BCUT2D eigenvalue weighted by Gasteiger charge is 2.53. The Kier molecular flexibility index (Phi) is 2.41. The van der Waals surface area contributed by atoms with Crippen molar-refractivity contribution in [3.05, 3.63) is 22.8 Å². The molecule has 0 radical (unpaired) electrons. The van der Waals surface area contributed by atoms with Crippen LogP contribution in [0.2, 0.25) is 0 Å². The molecule has 0 aliphatic heterocycles. The van der Waals surface area contributed by atoms with Gasteiger partial charge in [0.05, 0.1) is 6.10 Å². The van der Waals surface area contributed by atoms with Gasteiger partial charge in [-0.3, -0.25) is 4.79 Å². The van der Waals surface area contributed by atoms with Gasteiger partial charge in [-0.05, 0) is 38.2 Å². The Morgan fingerprint density at radius 1 is 1.28 bits per heavy atom. The molecule has 2 nitrogen and oxygen atoms in total. The molecule has 18 heavy (non-hydrogen) atoms. The van der Waals surface area contributed by atoms with Gasteiger partial charge in [-0.1, -0.05) is 31.1 Å². The third kappa shape index (κ3) is 1.30. The van der Waals surface area contributed by atoms with E-state index < -0.39 is 0 Å². The van der Waals surface area contributed by atoms with E-state index >= 15 is 0 Å². The molecule has 0 saturated heterocycles. The largest absolute Gasteiger partial charge is 0.392 e. The van der Waals surface area contributed by atoms with Crippen LogP contribution >= 0.6 is 0 Å². The summed E-state index contributed by atoms with van der Waals surface area (Å²) in [5.41, 5.74) is 3.71. The lowest BCUT2D eigenvalue weighted by Crippen LogP contribution is -2.43. The van der Waals surface area contributed by atoms with Crippen LogP contribution in [0.15, 0.2) is 22.8 Å². The van der Waals surface area contributed by atoms with Gasteiger partial charge in [0.2, 0.25) is 0 Å². The van der Waals surface area contributed by atoms with Crippen molar-refractivity contribution < 1.29 is 9.90 Å². The summed E-state index contributed by atoms with van der Waals surface area (Å²) in [4.78, 5) is 11.9. The normalized spacial score (nSPS) is 43.7. The van der Waals surface area contributed by atoms with E-state index in [-0.39, 0.29) is 16.9 Å². The second-order valence-corrected chi connectivity index (χ2v) is 6.65. The van der Waals surface area contributed by atoms with Crippen molar-refractivity contribution >= 4 is 5.78 Å². The Bertz CT molecular complexity index is 485. The lowest BCUT2D eigenvalue weighted by atomic mass is 9.54. The first-order valence-electron chi connectivity index (χ1n) is 7.02. The number of allylic oxidation sites excluding steroid dienone is 2. The molecular formula is C16H22O2. The van der Waals surface area contributed by atoms with Gasteiger partial charge in [-0.15, -0.1) is 0 Å². The molecule has 3 aliphatic rings. The summed E-state index contributed by atoms with van der Waals surface area (Å²) in [7, 11) is 0. The molecule has 0 aromatic heterocycles. The van der Waals surface area contributed by atoms with Crippen LogP contribution in [0.25, 0.3) is 0 Å². The predicted octanol–water partition coefficient (Wildman–Crippen LogP) is 3.16. The minimum atomic E-state index is -0.233. The maximum atomic E-state index is 11.9. The van der Waals surface area contributed by atoms with E-state index in [1.165, 1.54) is 11.1 Å². The molecule has 0 heterocycles. The molecule has 1 N–H and O–H groups in total. The van der Waals surface area contributed by atoms with Crippen LogP contribution in [-0.2, 0) is 4.79 Å². The zero-order valence-electron chi connectivity index (χ0n) is 11.5. The first-order valence-corrected chi connectivity index (χ1v) is 7.02. The Labute approximate surface area is 109 Å². The van der Waals surface area contributed by atoms with Gasteiger partial charge in [0.15, 0.2) is 5.78 Å². The number of ketones is 1. The molecular weight excluding hydrogens is 224 g/mol. The second-order valence-electron chi connectivity index (χ2n) is 6.65. The van der Waals surface area contributed by atoms with Crippen molar-refractivity contribution in [3.8, 4) is 0 Å². The Hall–Kier alpha value is -0.890. The average Bonchev–Trinajstić information content (AvgIpc) is 2.63. The van der Waals surface area contributed by atoms with E-state index in [9.17, 15) is 9.90 Å². The highest BCUT2D eigenvalue weighted by Crippen LogP contribution is 2.61. The molecule has 2 heteroatoms. The van der Waals surface area contributed by atoms with E-state index in [1.54, 1.807) is 0 Å². The van der Waals surface area contributed by atoms with Gasteiger partial charge < -0.3 is 5.11 Å². The summed E-state index contributed by atoms with van der Waals surface area (Å²) < 4.78 is 0. The molecule has 3 rings (SSSR count). The van der Waals surface area contributed by atoms with E-state index in [2.05, 4.69) is 19.9 Å². The summed E-state index contributed by atoms with van der Waals surface area (Å²) in [6.45, 7) is 6.47. The average molecular weight is 246 g/mol. The Morgan fingerprint density at radius 3 is 2.72 bits per heavy atom. The number of aliphatic hydroxyl groups excluding tert-OH is 1.